The minimum Gasteiger partial charge on any atom is -0.340 e. The molecule has 1 fully saturated rings. The number of benzene rings is 1. The maximum atomic E-state index is 12.9. The molecule has 3 rings (SSSR count). The Hall–Kier alpha value is -1.35. The van der Waals surface area contributed by atoms with Crippen molar-refractivity contribution in [3.8, 4) is 0 Å². The van der Waals surface area contributed by atoms with E-state index in [-0.39, 0.29) is 12.0 Å². The van der Waals surface area contributed by atoms with E-state index in [4.69, 9.17) is 5.73 Å². The van der Waals surface area contributed by atoms with Crippen LogP contribution in [0.25, 0.3) is 0 Å². The quantitative estimate of drug-likeness (QED) is 0.904. The van der Waals surface area contributed by atoms with Gasteiger partial charge in [0.1, 0.15) is 0 Å². The van der Waals surface area contributed by atoms with E-state index < -0.39 is 0 Å². The molecule has 0 aliphatic heterocycles. The number of nitrogens with two attached hydrogens (primary N) is 1. The van der Waals surface area contributed by atoms with Gasteiger partial charge in [-0.25, -0.2) is 0 Å². The third-order valence-electron chi connectivity index (χ3n) is 5.12. The van der Waals surface area contributed by atoms with Crippen LogP contribution in [0.4, 0.5) is 0 Å². The second kappa shape index (κ2) is 5.80. The number of hydrogen-bond donors (Lipinski definition) is 1. The molecular formula is C18H26N2O. The molecule has 1 amide bonds. The van der Waals surface area contributed by atoms with Gasteiger partial charge in [0.15, 0.2) is 0 Å². The Kier molecular flexibility index (Phi) is 4.03. The SMILES string of the molecule is CC(C)N(CCCN)C(=O)C1C2CCc3ccccc3C21. The van der Waals surface area contributed by atoms with Gasteiger partial charge in [-0.1, -0.05) is 24.3 Å². The molecule has 0 aromatic heterocycles. The lowest BCUT2D eigenvalue weighted by atomic mass is 9.92. The fraction of sp³-hybridized carbons (Fsp3) is 0.611. The van der Waals surface area contributed by atoms with Crippen molar-refractivity contribution in [1.82, 2.24) is 4.90 Å². The summed E-state index contributed by atoms with van der Waals surface area (Å²) in [7, 11) is 0. The van der Waals surface area contributed by atoms with Crippen LogP contribution in [0.2, 0.25) is 0 Å². The first-order chi connectivity index (χ1) is 10.1. The summed E-state index contributed by atoms with van der Waals surface area (Å²) in [6.07, 6.45) is 3.19. The largest absolute Gasteiger partial charge is 0.340 e. The normalized spacial score (nSPS) is 26.2. The van der Waals surface area contributed by atoms with Crippen molar-refractivity contribution in [2.75, 3.05) is 13.1 Å². The highest BCUT2D eigenvalue weighted by molar-refractivity contribution is 5.84. The van der Waals surface area contributed by atoms with Crippen molar-refractivity contribution in [2.45, 2.75) is 45.1 Å². The van der Waals surface area contributed by atoms with Gasteiger partial charge in [-0.15, -0.1) is 0 Å². The number of amides is 1. The zero-order chi connectivity index (χ0) is 15.0. The van der Waals surface area contributed by atoms with Crippen LogP contribution in [-0.4, -0.2) is 29.9 Å². The van der Waals surface area contributed by atoms with Crippen molar-refractivity contribution in [2.24, 2.45) is 17.6 Å². The fourth-order valence-corrected chi connectivity index (χ4v) is 3.98. The highest BCUT2D eigenvalue weighted by Gasteiger charge is 2.57. The summed E-state index contributed by atoms with van der Waals surface area (Å²) in [6.45, 7) is 5.66. The minimum atomic E-state index is 0.217. The molecule has 0 spiro atoms. The van der Waals surface area contributed by atoms with Crippen molar-refractivity contribution >= 4 is 5.91 Å². The Bertz CT molecular complexity index is 526. The van der Waals surface area contributed by atoms with E-state index in [1.54, 1.807) is 0 Å². The van der Waals surface area contributed by atoms with Gasteiger partial charge in [0.05, 0.1) is 0 Å². The predicted molar refractivity (Wildman–Crippen MR) is 85.0 cm³/mol. The van der Waals surface area contributed by atoms with E-state index in [0.29, 0.717) is 24.3 Å². The Morgan fingerprint density at radius 1 is 1.38 bits per heavy atom. The first kappa shape index (κ1) is 14.6. The zero-order valence-electron chi connectivity index (χ0n) is 13.1. The van der Waals surface area contributed by atoms with Crippen LogP contribution in [0.1, 0.15) is 43.7 Å². The monoisotopic (exact) mass is 286 g/mol. The second-order valence-corrected chi connectivity index (χ2v) is 6.72. The van der Waals surface area contributed by atoms with E-state index in [1.165, 1.54) is 17.5 Å². The van der Waals surface area contributed by atoms with Crippen molar-refractivity contribution < 1.29 is 4.79 Å². The van der Waals surface area contributed by atoms with E-state index in [9.17, 15) is 4.79 Å². The smallest absolute Gasteiger partial charge is 0.226 e. The lowest BCUT2D eigenvalue weighted by Gasteiger charge is -2.27. The van der Waals surface area contributed by atoms with E-state index in [2.05, 4.69) is 38.1 Å². The second-order valence-electron chi connectivity index (χ2n) is 6.72. The molecule has 2 N–H and O–H groups in total. The Morgan fingerprint density at radius 2 is 2.14 bits per heavy atom. The summed E-state index contributed by atoms with van der Waals surface area (Å²) < 4.78 is 0. The van der Waals surface area contributed by atoms with E-state index >= 15 is 0 Å². The molecule has 2 aliphatic carbocycles. The van der Waals surface area contributed by atoms with Gasteiger partial charge in [0.2, 0.25) is 5.91 Å². The van der Waals surface area contributed by atoms with Crippen LogP contribution in [0.15, 0.2) is 24.3 Å². The molecule has 3 nitrogen and oxygen atoms in total. The molecule has 0 saturated heterocycles. The van der Waals surface area contributed by atoms with Crippen LogP contribution in [0.3, 0.4) is 0 Å². The standard InChI is InChI=1S/C18H26N2O/c1-12(2)20(11-5-10-19)18(21)17-15-9-8-13-6-3-4-7-14(13)16(15)17/h3-4,6-7,12,15-17H,5,8-11,19H2,1-2H3. The zero-order valence-corrected chi connectivity index (χ0v) is 13.1. The minimum absolute atomic E-state index is 0.217. The Balaban J connectivity index is 1.76. The van der Waals surface area contributed by atoms with Crippen molar-refractivity contribution in [1.29, 1.82) is 0 Å². The van der Waals surface area contributed by atoms with Gasteiger partial charge in [-0.05, 0) is 62.6 Å². The average Bonchev–Trinajstić information content (AvgIpc) is 3.22. The molecule has 0 bridgehead atoms. The van der Waals surface area contributed by atoms with E-state index in [1.807, 2.05) is 4.90 Å². The van der Waals surface area contributed by atoms with Crippen LogP contribution in [0.5, 0.6) is 0 Å². The third kappa shape index (κ3) is 2.59. The molecule has 3 atom stereocenters. The Morgan fingerprint density at radius 3 is 2.86 bits per heavy atom. The van der Waals surface area contributed by atoms with Gasteiger partial charge in [-0.2, -0.15) is 0 Å². The van der Waals surface area contributed by atoms with Crippen molar-refractivity contribution in [3.63, 3.8) is 0 Å². The molecule has 3 heteroatoms. The fourth-order valence-electron chi connectivity index (χ4n) is 3.98. The number of carbonyl (C=O) groups is 1. The van der Waals surface area contributed by atoms with Gasteiger partial charge in [0.25, 0.3) is 0 Å². The maximum Gasteiger partial charge on any atom is 0.226 e. The highest BCUT2D eigenvalue weighted by atomic mass is 16.2. The van der Waals surface area contributed by atoms with Gasteiger partial charge < -0.3 is 10.6 Å². The predicted octanol–water partition coefficient (Wildman–Crippen LogP) is 2.55. The molecular weight excluding hydrogens is 260 g/mol. The average molecular weight is 286 g/mol. The summed E-state index contributed by atoms with van der Waals surface area (Å²) in [4.78, 5) is 15.0. The van der Waals surface area contributed by atoms with Crippen LogP contribution < -0.4 is 5.73 Å². The summed E-state index contributed by atoms with van der Waals surface area (Å²) in [5.41, 5.74) is 8.49. The molecule has 1 saturated carbocycles. The van der Waals surface area contributed by atoms with E-state index in [0.717, 1.165) is 19.4 Å². The molecule has 0 radical (unpaired) electrons. The highest BCUT2D eigenvalue weighted by Crippen LogP contribution is 2.60. The lowest BCUT2D eigenvalue weighted by molar-refractivity contribution is -0.134. The summed E-state index contributed by atoms with van der Waals surface area (Å²) in [6, 6.07) is 8.93. The molecule has 114 valence electrons. The lowest BCUT2D eigenvalue weighted by Crippen LogP contribution is -2.39. The first-order valence-electron chi connectivity index (χ1n) is 8.23. The molecule has 1 aromatic rings. The van der Waals surface area contributed by atoms with Crippen LogP contribution in [0, 0.1) is 11.8 Å². The van der Waals surface area contributed by atoms with Crippen LogP contribution in [-0.2, 0) is 11.2 Å². The molecule has 2 aliphatic rings. The van der Waals surface area contributed by atoms with Gasteiger partial charge in [0, 0.05) is 18.5 Å². The van der Waals surface area contributed by atoms with Crippen LogP contribution >= 0.6 is 0 Å². The first-order valence-corrected chi connectivity index (χ1v) is 8.23. The van der Waals surface area contributed by atoms with Gasteiger partial charge >= 0.3 is 0 Å². The van der Waals surface area contributed by atoms with Gasteiger partial charge in [-0.3, -0.25) is 4.79 Å². The number of fused-ring (bicyclic) bond motifs is 3. The number of rotatable bonds is 5. The topological polar surface area (TPSA) is 46.3 Å². The number of nitrogens with zero attached hydrogens (tertiary/aromatic N) is 1. The molecule has 21 heavy (non-hydrogen) atoms. The molecule has 3 unspecified atom stereocenters. The summed E-state index contributed by atoms with van der Waals surface area (Å²) >= 11 is 0. The third-order valence-corrected chi connectivity index (χ3v) is 5.12. The maximum absolute atomic E-state index is 12.9. The Labute approximate surface area is 127 Å². The summed E-state index contributed by atoms with van der Waals surface area (Å²) in [5.74, 6) is 1.62. The number of aryl methyl sites for hydroxylation is 1. The van der Waals surface area contributed by atoms with Crippen molar-refractivity contribution in [3.05, 3.63) is 35.4 Å². The number of carbonyl (C=O) groups excluding carboxylic acids is 1. The molecule has 0 heterocycles. The summed E-state index contributed by atoms with van der Waals surface area (Å²) in [5, 5.41) is 0. The number of hydrogen-bond acceptors (Lipinski definition) is 2. The molecule has 1 aromatic carbocycles.